The predicted octanol–water partition coefficient (Wildman–Crippen LogP) is 2.64. The second kappa shape index (κ2) is 5.21. The number of hydrogen-bond acceptors (Lipinski definition) is 3. The molecule has 1 aromatic rings. The van der Waals surface area contributed by atoms with Crippen molar-refractivity contribution in [3.8, 4) is 5.75 Å². The molecule has 18 heavy (non-hydrogen) atoms. The number of carbonyl (C=O) groups excluding carboxylic acids is 2. The molecule has 0 aliphatic carbocycles. The van der Waals surface area contributed by atoms with E-state index in [1.165, 1.54) is 0 Å². The molecule has 0 spiro atoms. The maximum atomic E-state index is 12.0. The Kier molecular flexibility index (Phi) is 3.65. The van der Waals surface area contributed by atoms with Gasteiger partial charge in [0.05, 0.1) is 5.69 Å². The zero-order valence-electron chi connectivity index (χ0n) is 10.7. The number of benzene rings is 1. The summed E-state index contributed by atoms with van der Waals surface area (Å²) in [6.45, 7) is 4.22. The molecule has 2 rings (SSSR count). The molecule has 0 saturated carbocycles. The number of carbonyl (C=O) groups is 2. The van der Waals surface area contributed by atoms with Crippen LogP contribution < -0.4 is 10.1 Å². The van der Waals surface area contributed by atoms with E-state index < -0.39 is 0 Å². The molecular formula is C14H17NO3. The van der Waals surface area contributed by atoms with Crippen molar-refractivity contribution in [1.82, 2.24) is 0 Å². The lowest BCUT2D eigenvalue weighted by Crippen LogP contribution is -2.25. The topological polar surface area (TPSA) is 55.4 Å². The van der Waals surface area contributed by atoms with Gasteiger partial charge in [0.25, 0.3) is 5.91 Å². The highest BCUT2D eigenvalue weighted by Crippen LogP contribution is 2.29. The normalized spacial score (nSPS) is 13.8. The van der Waals surface area contributed by atoms with Crippen LogP contribution in [0.2, 0.25) is 0 Å². The number of Topliss-reactive ketones (excluding diaryl/α,β-unsaturated/α-hetero) is 1. The molecule has 0 atom stereocenters. The Bertz CT molecular complexity index is 480. The van der Waals surface area contributed by atoms with Crippen LogP contribution >= 0.6 is 0 Å². The third kappa shape index (κ3) is 2.88. The summed E-state index contributed by atoms with van der Waals surface area (Å²) in [7, 11) is 0. The summed E-state index contributed by atoms with van der Waals surface area (Å²) in [5.74, 6) is 1.05. The zero-order valence-corrected chi connectivity index (χ0v) is 10.7. The SMILES string of the molecule is CC(C)CCC(=O)c1ccc2c(c1)NC(=O)CO2. The maximum Gasteiger partial charge on any atom is 0.262 e. The molecule has 1 heterocycles. The van der Waals surface area contributed by atoms with Crippen LogP contribution in [0, 0.1) is 5.92 Å². The van der Waals surface area contributed by atoms with Crippen LogP contribution in [0.15, 0.2) is 18.2 Å². The summed E-state index contributed by atoms with van der Waals surface area (Å²) in [5, 5.41) is 2.70. The summed E-state index contributed by atoms with van der Waals surface area (Å²) in [6, 6.07) is 5.17. The number of hydrogen-bond donors (Lipinski definition) is 1. The van der Waals surface area contributed by atoms with Gasteiger partial charge in [-0.1, -0.05) is 13.8 Å². The zero-order chi connectivity index (χ0) is 13.1. The number of anilines is 1. The summed E-state index contributed by atoms with van der Waals surface area (Å²) in [4.78, 5) is 23.2. The van der Waals surface area contributed by atoms with Gasteiger partial charge < -0.3 is 10.1 Å². The average Bonchev–Trinajstić information content (AvgIpc) is 2.34. The largest absolute Gasteiger partial charge is 0.482 e. The van der Waals surface area contributed by atoms with Crippen LogP contribution in [0.5, 0.6) is 5.75 Å². The van der Waals surface area contributed by atoms with Crippen LogP contribution in [-0.2, 0) is 4.79 Å². The van der Waals surface area contributed by atoms with Crippen molar-refractivity contribution in [1.29, 1.82) is 0 Å². The summed E-state index contributed by atoms with van der Waals surface area (Å²) < 4.78 is 5.25. The number of ketones is 1. The summed E-state index contributed by atoms with van der Waals surface area (Å²) in [6.07, 6.45) is 1.41. The first-order valence-corrected chi connectivity index (χ1v) is 6.16. The van der Waals surface area contributed by atoms with Crippen LogP contribution in [-0.4, -0.2) is 18.3 Å². The smallest absolute Gasteiger partial charge is 0.262 e. The summed E-state index contributed by atoms with van der Waals surface area (Å²) >= 11 is 0. The maximum absolute atomic E-state index is 12.0. The molecule has 4 nitrogen and oxygen atoms in total. The fourth-order valence-electron chi connectivity index (χ4n) is 1.82. The highest BCUT2D eigenvalue weighted by Gasteiger charge is 2.17. The molecular weight excluding hydrogens is 230 g/mol. The first-order valence-electron chi connectivity index (χ1n) is 6.16. The van der Waals surface area contributed by atoms with E-state index in [1.807, 2.05) is 0 Å². The van der Waals surface area contributed by atoms with Gasteiger partial charge in [-0.25, -0.2) is 0 Å². The van der Waals surface area contributed by atoms with E-state index in [9.17, 15) is 9.59 Å². The van der Waals surface area contributed by atoms with Crippen LogP contribution in [0.4, 0.5) is 5.69 Å². The van der Waals surface area contributed by atoms with Crippen molar-refractivity contribution in [2.24, 2.45) is 5.92 Å². The molecule has 0 saturated heterocycles. The fourth-order valence-corrected chi connectivity index (χ4v) is 1.82. The molecule has 1 N–H and O–H groups in total. The van der Waals surface area contributed by atoms with E-state index in [-0.39, 0.29) is 18.3 Å². The van der Waals surface area contributed by atoms with Crippen molar-refractivity contribution < 1.29 is 14.3 Å². The number of amides is 1. The van der Waals surface area contributed by atoms with Crippen molar-refractivity contribution in [2.75, 3.05) is 11.9 Å². The Labute approximate surface area is 106 Å². The van der Waals surface area contributed by atoms with E-state index in [2.05, 4.69) is 19.2 Å². The molecule has 0 aromatic heterocycles. The van der Waals surface area contributed by atoms with E-state index in [1.54, 1.807) is 18.2 Å². The van der Waals surface area contributed by atoms with Crippen LogP contribution in [0.1, 0.15) is 37.0 Å². The standard InChI is InChI=1S/C14H17NO3/c1-9(2)3-5-12(16)10-4-6-13-11(7-10)15-14(17)8-18-13/h4,6-7,9H,3,5,8H2,1-2H3,(H,15,17). The summed E-state index contributed by atoms with van der Waals surface area (Å²) in [5.41, 5.74) is 1.21. The highest BCUT2D eigenvalue weighted by atomic mass is 16.5. The molecule has 1 aliphatic rings. The van der Waals surface area contributed by atoms with E-state index >= 15 is 0 Å². The predicted molar refractivity (Wildman–Crippen MR) is 69.0 cm³/mol. The van der Waals surface area contributed by atoms with Gasteiger partial charge in [0.2, 0.25) is 0 Å². The Hall–Kier alpha value is -1.84. The number of rotatable bonds is 4. The Morgan fingerprint density at radius 3 is 2.94 bits per heavy atom. The van der Waals surface area contributed by atoms with Crippen LogP contribution in [0.25, 0.3) is 0 Å². The Morgan fingerprint density at radius 2 is 2.22 bits per heavy atom. The molecule has 96 valence electrons. The Balaban J connectivity index is 2.13. The van der Waals surface area contributed by atoms with Gasteiger partial charge in [-0.2, -0.15) is 0 Å². The first kappa shape index (κ1) is 12.6. The van der Waals surface area contributed by atoms with E-state index in [0.717, 1.165) is 6.42 Å². The molecule has 1 aromatic carbocycles. The molecule has 1 amide bonds. The van der Waals surface area contributed by atoms with Crippen molar-refractivity contribution in [2.45, 2.75) is 26.7 Å². The quantitative estimate of drug-likeness (QED) is 0.832. The van der Waals surface area contributed by atoms with E-state index in [4.69, 9.17) is 4.74 Å². The monoisotopic (exact) mass is 247 g/mol. The van der Waals surface area contributed by atoms with Crippen molar-refractivity contribution >= 4 is 17.4 Å². The minimum atomic E-state index is -0.186. The molecule has 4 heteroatoms. The van der Waals surface area contributed by atoms with Gasteiger partial charge in [0.1, 0.15) is 5.75 Å². The average molecular weight is 247 g/mol. The highest BCUT2D eigenvalue weighted by molar-refractivity contribution is 6.00. The second-order valence-corrected chi connectivity index (χ2v) is 4.90. The molecule has 0 unspecified atom stereocenters. The van der Waals surface area contributed by atoms with Gasteiger partial charge in [0.15, 0.2) is 12.4 Å². The lowest BCUT2D eigenvalue weighted by atomic mass is 10.0. The minimum Gasteiger partial charge on any atom is -0.482 e. The molecule has 0 bridgehead atoms. The third-order valence-electron chi connectivity index (χ3n) is 2.88. The second-order valence-electron chi connectivity index (χ2n) is 4.90. The lowest BCUT2D eigenvalue weighted by Gasteiger charge is -2.18. The van der Waals surface area contributed by atoms with Gasteiger partial charge >= 0.3 is 0 Å². The van der Waals surface area contributed by atoms with Gasteiger partial charge in [-0.05, 0) is 30.5 Å². The van der Waals surface area contributed by atoms with Gasteiger partial charge in [-0.15, -0.1) is 0 Å². The first-order chi connectivity index (χ1) is 8.56. The van der Waals surface area contributed by atoms with E-state index in [0.29, 0.717) is 29.3 Å². The van der Waals surface area contributed by atoms with Gasteiger partial charge in [-0.3, -0.25) is 9.59 Å². The molecule has 0 radical (unpaired) electrons. The van der Waals surface area contributed by atoms with Crippen LogP contribution in [0.3, 0.4) is 0 Å². The number of nitrogens with one attached hydrogen (secondary N) is 1. The lowest BCUT2D eigenvalue weighted by molar-refractivity contribution is -0.118. The molecule has 0 fully saturated rings. The van der Waals surface area contributed by atoms with Crippen molar-refractivity contribution in [3.05, 3.63) is 23.8 Å². The van der Waals surface area contributed by atoms with Crippen molar-refractivity contribution in [3.63, 3.8) is 0 Å². The number of ether oxygens (including phenoxy) is 1. The number of fused-ring (bicyclic) bond motifs is 1. The van der Waals surface area contributed by atoms with Gasteiger partial charge in [0, 0.05) is 12.0 Å². The third-order valence-corrected chi connectivity index (χ3v) is 2.88. The molecule has 1 aliphatic heterocycles. The minimum absolute atomic E-state index is 0.0354. The fraction of sp³-hybridized carbons (Fsp3) is 0.429. The Morgan fingerprint density at radius 1 is 1.44 bits per heavy atom.